The van der Waals surface area contributed by atoms with Gasteiger partial charge in [-0.05, 0) is 55.3 Å². The van der Waals surface area contributed by atoms with E-state index in [0.717, 1.165) is 34.3 Å². The van der Waals surface area contributed by atoms with E-state index in [4.69, 9.17) is 11.6 Å². The van der Waals surface area contributed by atoms with Crippen LogP contribution >= 0.6 is 27.5 Å². The summed E-state index contributed by atoms with van der Waals surface area (Å²) in [5, 5.41) is 4.57. The molecule has 3 unspecified atom stereocenters. The molecule has 0 radical (unpaired) electrons. The van der Waals surface area contributed by atoms with E-state index in [0.29, 0.717) is 6.04 Å². The molecular weight excluding hydrogens is 334 g/mol. The molecule has 0 amide bonds. The van der Waals surface area contributed by atoms with Gasteiger partial charge >= 0.3 is 0 Å². The van der Waals surface area contributed by atoms with Crippen LogP contribution in [-0.4, -0.2) is 12.6 Å². The van der Waals surface area contributed by atoms with Crippen molar-refractivity contribution in [3.8, 4) is 0 Å². The van der Waals surface area contributed by atoms with Gasteiger partial charge in [-0.1, -0.05) is 60.3 Å². The fourth-order valence-electron chi connectivity index (χ4n) is 3.44. The molecule has 0 aliphatic heterocycles. The van der Waals surface area contributed by atoms with Gasteiger partial charge in [0, 0.05) is 15.5 Å². The van der Waals surface area contributed by atoms with Gasteiger partial charge in [-0.15, -0.1) is 0 Å². The third-order valence-corrected chi connectivity index (χ3v) is 5.31. The highest BCUT2D eigenvalue weighted by atomic mass is 79.9. The Bertz CT molecular complexity index is 435. The predicted molar refractivity (Wildman–Crippen MR) is 91.4 cm³/mol. The molecular formula is C17H25BrClN. The number of benzene rings is 1. The molecule has 20 heavy (non-hydrogen) atoms. The van der Waals surface area contributed by atoms with Crippen LogP contribution in [0.5, 0.6) is 0 Å². The summed E-state index contributed by atoms with van der Waals surface area (Å²) in [4.78, 5) is 0. The Kier molecular flexibility index (Phi) is 6.38. The largest absolute Gasteiger partial charge is 0.314 e. The average Bonchev–Trinajstić information content (AvgIpc) is 2.41. The van der Waals surface area contributed by atoms with Gasteiger partial charge in [0.25, 0.3) is 0 Å². The summed E-state index contributed by atoms with van der Waals surface area (Å²) in [5.41, 5.74) is 1.26. The molecule has 1 saturated carbocycles. The van der Waals surface area contributed by atoms with Gasteiger partial charge in [-0.3, -0.25) is 0 Å². The third kappa shape index (κ3) is 4.47. The zero-order chi connectivity index (χ0) is 14.5. The summed E-state index contributed by atoms with van der Waals surface area (Å²) >= 11 is 9.86. The van der Waals surface area contributed by atoms with Crippen LogP contribution in [0.4, 0.5) is 0 Å². The predicted octanol–water partition coefficient (Wildman–Crippen LogP) is 5.45. The van der Waals surface area contributed by atoms with Crippen LogP contribution in [-0.2, 0) is 6.42 Å². The highest BCUT2D eigenvalue weighted by Gasteiger charge is 2.26. The van der Waals surface area contributed by atoms with Gasteiger partial charge in [0.2, 0.25) is 0 Å². The molecule has 0 heterocycles. The minimum absolute atomic E-state index is 0.557. The van der Waals surface area contributed by atoms with Crippen molar-refractivity contribution >= 4 is 27.5 Å². The minimum Gasteiger partial charge on any atom is -0.314 e. The lowest BCUT2D eigenvalue weighted by Gasteiger charge is -2.34. The second-order valence-electron chi connectivity index (χ2n) is 6.14. The van der Waals surface area contributed by atoms with E-state index in [-0.39, 0.29) is 0 Å². The minimum atomic E-state index is 0.557. The van der Waals surface area contributed by atoms with E-state index >= 15 is 0 Å². The van der Waals surface area contributed by atoms with Gasteiger partial charge in [0.15, 0.2) is 0 Å². The maximum atomic E-state index is 6.38. The molecule has 2 rings (SSSR count). The Morgan fingerprint density at radius 2 is 2.20 bits per heavy atom. The van der Waals surface area contributed by atoms with Crippen LogP contribution in [0.3, 0.4) is 0 Å². The summed E-state index contributed by atoms with van der Waals surface area (Å²) in [6.07, 6.45) is 6.52. The molecule has 1 aromatic carbocycles. The lowest BCUT2D eigenvalue weighted by Crippen LogP contribution is -2.40. The van der Waals surface area contributed by atoms with E-state index in [2.05, 4.69) is 47.2 Å². The van der Waals surface area contributed by atoms with E-state index in [1.54, 1.807) is 0 Å². The first-order valence-corrected chi connectivity index (χ1v) is 8.94. The second-order valence-corrected chi connectivity index (χ2v) is 7.46. The molecule has 3 atom stereocenters. The monoisotopic (exact) mass is 357 g/mol. The van der Waals surface area contributed by atoms with E-state index in [9.17, 15) is 0 Å². The van der Waals surface area contributed by atoms with Crippen molar-refractivity contribution in [2.45, 2.75) is 52.0 Å². The Hall–Kier alpha value is -0.0500. The molecule has 1 fully saturated rings. The fraction of sp³-hybridized carbons (Fsp3) is 0.647. The normalized spacial score (nSPS) is 24.6. The Morgan fingerprint density at radius 1 is 1.40 bits per heavy atom. The van der Waals surface area contributed by atoms with Crippen LogP contribution in [0.25, 0.3) is 0 Å². The number of nitrogens with one attached hydrogen (secondary N) is 1. The van der Waals surface area contributed by atoms with Gasteiger partial charge in [0.1, 0.15) is 0 Å². The molecule has 1 N–H and O–H groups in total. The molecule has 112 valence electrons. The van der Waals surface area contributed by atoms with Crippen molar-refractivity contribution < 1.29 is 0 Å². The molecule has 1 aliphatic carbocycles. The number of likely N-dealkylation sites (N-methyl/N-ethyl adjacent to an activating group) is 1. The van der Waals surface area contributed by atoms with Crippen LogP contribution in [0, 0.1) is 11.8 Å². The first-order valence-electron chi connectivity index (χ1n) is 7.77. The topological polar surface area (TPSA) is 12.0 Å². The van der Waals surface area contributed by atoms with Crippen molar-refractivity contribution in [1.29, 1.82) is 0 Å². The lowest BCUT2D eigenvalue weighted by atomic mass is 9.77. The van der Waals surface area contributed by atoms with Crippen LogP contribution in [0.15, 0.2) is 22.7 Å². The van der Waals surface area contributed by atoms with Gasteiger partial charge < -0.3 is 5.32 Å². The summed E-state index contributed by atoms with van der Waals surface area (Å²) in [5.74, 6) is 1.66. The van der Waals surface area contributed by atoms with E-state index < -0.39 is 0 Å². The number of hydrogen-bond donors (Lipinski definition) is 1. The molecule has 1 nitrogen and oxygen atoms in total. The highest BCUT2D eigenvalue weighted by Crippen LogP contribution is 2.33. The van der Waals surface area contributed by atoms with Crippen molar-refractivity contribution in [2.75, 3.05) is 6.54 Å². The van der Waals surface area contributed by atoms with Crippen LogP contribution < -0.4 is 5.32 Å². The first kappa shape index (κ1) is 16.3. The third-order valence-electron chi connectivity index (χ3n) is 4.47. The zero-order valence-corrected chi connectivity index (χ0v) is 14.8. The smallest absolute Gasteiger partial charge is 0.0449 e. The van der Waals surface area contributed by atoms with Crippen molar-refractivity contribution in [1.82, 2.24) is 5.32 Å². The Morgan fingerprint density at radius 3 is 2.85 bits per heavy atom. The first-order chi connectivity index (χ1) is 9.60. The number of rotatable bonds is 5. The van der Waals surface area contributed by atoms with Gasteiger partial charge in [0.05, 0.1) is 0 Å². The Labute approximate surface area is 136 Å². The molecule has 0 bridgehead atoms. The van der Waals surface area contributed by atoms with E-state index in [1.165, 1.54) is 31.2 Å². The SMILES string of the molecule is CCNC(Cc1ccc(Br)cc1Cl)C1CCCC(C)C1. The maximum absolute atomic E-state index is 6.38. The lowest BCUT2D eigenvalue weighted by molar-refractivity contribution is 0.222. The quantitative estimate of drug-likeness (QED) is 0.738. The summed E-state index contributed by atoms with van der Waals surface area (Å²) in [7, 11) is 0. The summed E-state index contributed by atoms with van der Waals surface area (Å²) in [6.45, 7) is 5.62. The molecule has 1 aliphatic rings. The molecule has 0 saturated heterocycles. The molecule has 0 aromatic heterocycles. The highest BCUT2D eigenvalue weighted by molar-refractivity contribution is 9.10. The zero-order valence-electron chi connectivity index (χ0n) is 12.5. The molecule has 3 heteroatoms. The van der Waals surface area contributed by atoms with Crippen molar-refractivity contribution in [2.24, 2.45) is 11.8 Å². The Balaban J connectivity index is 2.08. The number of halogens is 2. The molecule has 0 spiro atoms. The summed E-state index contributed by atoms with van der Waals surface area (Å²) < 4.78 is 1.05. The van der Waals surface area contributed by atoms with Gasteiger partial charge in [-0.2, -0.15) is 0 Å². The van der Waals surface area contributed by atoms with Gasteiger partial charge in [-0.25, -0.2) is 0 Å². The second kappa shape index (κ2) is 7.82. The fourth-order valence-corrected chi connectivity index (χ4v) is 4.19. The molecule has 1 aromatic rings. The average molecular weight is 359 g/mol. The van der Waals surface area contributed by atoms with Crippen LogP contribution in [0.2, 0.25) is 5.02 Å². The van der Waals surface area contributed by atoms with Crippen molar-refractivity contribution in [3.63, 3.8) is 0 Å². The van der Waals surface area contributed by atoms with Crippen LogP contribution in [0.1, 0.15) is 45.1 Å². The van der Waals surface area contributed by atoms with E-state index in [1.807, 2.05) is 6.07 Å². The maximum Gasteiger partial charge on any atom is 0.0449 e. The number of hydrogen-bond acceptors (Lipinski definition) is 1. The van der Waals surface area contributed by atoms with Crippen molar-refractivity contribution in [3.05, 3.63) is 33.3 Å². The summed E-state index contributed by atoms with van der Waals surface area (Å²) in [6, 6.07) is 6.81. The standard InChI is InChI=1S/C17H25BrClN/c1-3-20-17(14-6-4-5-12(2)9-14)10-13-7-8-15(18)11-16(13)19/h7-8,11-12,14,17,20H,3-6,9-10H2,1-2H3.